The first-order valence-corrected chi connectivity index (χ1v) is 12.9. The van der Waals surface area contributed by atoms with Gasteiger partial charge in [0.15, 0.2) is 0 Å². The SMILES string of the molecule is COc1ccc(OC)c(CN(C(=O)O)c2ccnc(Nc3ccc(N4CCN(CCN(C)C)CC4)cc3)n2)c1. The third kappa shape index (κ3) is 7.49. The number of amides is 1. The van der Waals surface area contributed by atoms with Gasteiger partial charge >= 0.3 is 6.09 Å². The first-order valence-electron chi connectivity index (χ1n) is 12.9. The molecule has 4 rings (SSSR count). The Morgan fingerprint density at radius 3 is 2.41 bits per heavy atom. The molecule has 2 aromatic carbocycles. The fourth-order valence-electron chi connectivity index (χ4n) is 4.44. The van der Waals surface area contributed by atoms with Gasteiger partial charge in [-0.3, -0.25) is 9.80 Å². The highest BCUT2D eigenvalue weighted by molar-refractivity contribution is 5.85. The number of rotatable bonds is 11. The van der Waals surface area contributed by atoms with Crippen LogP contribution in [0.4, 0.5) is 27.9 Å². The predicted molar refractivity (Wildman–Crippen MR) is 153 cm³/mol. The molecule has 1 aliphatic rings. The molecule has 1 aromatic heterocycles. The number of carboxylic acid groups (broad SMARTS) is 1. The van der Waals surface area contributed by atoms with Crippen molar-refractivity contribution in [1.29, 1.82) is 0 Å². The van der Waals surface area contributed by atoms with Gasteiger partial charge in [0, 0.05) is 62.4 Å². The van der Waals surface area contributed by atoms with Crippen molar-refractivity contribution in [3.05, 3.63) is 60.3 Å². The van der Waals surface area contributed by atoms with E-state index in [1.807, 2.05) is 12.1 Å². The Balaban J connectivity index is 1.41. The Hall–Kier alpha value is -4.09. The molecule has 0 unspecified atom stereocenters. The average Bonchev–Trinajstić information content (AvgIpc) is 2.95. The first-order chi connectivity index (χ1) is 18.9. The van der Waals surface area contributed by atoms with Crippen molar-refractivity contribution in [3.63, 3.8) is 0 Å². The lowest BCUT2D eigenvalue weighted by Gasteiger charge is -2.36. The fourth-order valence-corrected chi connectivity index (χ4v) is 4.44. The summed E-state index contributed by atoms with van der Waals surface area (Å²) in [6.07, 6.45) is 0.392. The Bertz CT molecular complexity index is 1230. The maximum absolute atomic E-state index is 12.2. The molecule has 2 N–H and O–H groups in total. The lowest BCUT2D eigenvalue weighted by molar-refractivity contribution is 0.201. The van der Waals surface area contributed by atoms with Gasteiger partial charge in [0.05, 0.1) is 20.8 Å². The number of carbonyl (C=O) groups is 1. The highest BCUT2D eigenvalue weighted by Gasteiger charge is 2.20. The first kappa shape index (κ1) is 27.9. The molecule has 1 amide bonds. The van der Waals surface area contributed by atoms with Crippen LogP contribution < -0.4 is 24.6 Å². The summed E-state index contributed by atoms with van der Waals surface area (Å²) in [7, 11) is 7.31. The number of likely N-dealkylation sites (N-methyl/N-ethyl adjacent to an activating group) is 1. The van der Waals surface area contributed by atoms with Gasteiger partial charge in [-0.1, -0.05) is 0 Å². The molecule has 208 valence electrons. The van der Waals surface area contributed by atoms with Crippen LogP contribution in [0.2, 0.25) is 0 Å². The molecule has 0 atom stereocenters. The molecular weight excluding hydrogens is 498 g/mol. The Labute approximate surface area is 229 Å². The van der Waals surface area contributed by atoms with Crippen molar-refractivity contribution in [3.8, 4) is 11.5 Å². The topological polar surface area (TPSA) is 107 Å². The third-order valence-electron chi connectivity index (χ3n) is 6.69. The van der Waals surface area contributed by atoms with Crippen molar-refractivity contribution in [1.82, 2.24) is 19.8 Å². The summed E-state index contributed by atoms with van der Waals surface area (Å²) in [5.74, 6) is 1.72. The molecule has 0 bridgehead atoms. The average molecular weight is 536 g/mol. The molecule has 0 spiro atoms. The molecule has 1 fully saturated rings. The molecular formula is C28H37N7O4. The largest absolute Gasteiger partial charge is 0.497 e. The minimum absolute atomic E-state index is 0.0310. The number of nitrogens with zero attached hydrogens (tertiary/aromatic N) is 6. The van der Waals surface area contributed by atoms with E-state index in [0.717, 1.165) is 49.9 Å². The standard InChI is InChI=1S/C28H37N7O4/c1-32(2)13-14-33-15-17-34(18-16-33)23-7-5-22(6-8-23)30-27-29-12-11-26(31-27)35(28(36)37)20-21-19-24(38-3)9-10-25(21)39-4/h5-12,19H,13-18,20H2,1-4H3,(H,36,37)(H,29,30,31). The Kier molecular flexibility index (Phi) is 9.40. The second-order valence-corrected chi connectivity index (χ2v) is 9.59. The van der Waals surface area contributed by atoms with Crippen molar-refractivity contribution in [2.45, 2.75) is 6.54 Å². The Morgan fingerprint density at radius 2 is 1.77 bits per heavy atom. The molecule has 2 heterocycles. The van der Waals surface area contributed by atoms with Crippen LogP contribution in [0.5, 0.6) is 11.5 Å². The lowest BCUT2D eigenvalue weighted by atomic mass is 10.1. The van der Waals surface area contributed by atoms with Gasteiger partial charge in [0.1, 0.15) is 17.3 Å². The molecule has 0 radical (unpaired) electrons. The van der Waals surface area contributed by atoms with Crippen molar-refractivity contribution in [2.75, 3.05) is 82.7 Å². The summed E-state index contributed by atoms with van der Waals surface area (Å²) >= 11 is 0. The van der Waals surface area contributed by atoms with Crippen LogP contribution in [0.1, 0.15) is 5.56 Å². The fraction of sp³-hybridized carbons (Fsp3) is 0.393. The maximum atomic E-state index is 12.2. The van der Waals surface area contributed by atoms with E-state index in [4.69, 9.17) is 9.47 Å². The smallest absolute Gasteiger partial charge is 0.413 e. The van der Waals surface area contributed by atoms with Gasteiger partial charge < -0.3 is 29.7 Å². The van der Waals surface area contributed by atoms with E-state index in [1.54, 1.807) is 38.5 Å². The molecule has 0 saturated carbocycles. The van der Waals surface area contributed by atoms with E-state index in [0.29, 0.717) is 23.0 Å². The molecule has 39 heavy (non-hydrogen) atoms. The zero-order valence-corrected chi connectivity index (χ0v) is 23.0. The molecule has 11 nitrogen and oxygen atoms in total. The number of ether oxygens (including phenoxy) is 2. The summed E-state index contributed by atoms with van der Waals surface area (Å²) in [4.78, 5) is 29.2. The van der Waals surface area contributed by atoms with Gasteiger partial charge in [-0.05, 0) is 62.6 Å². The molecule has 1 saturated heterocycles. The number of nitrogens with one attached hydrogen (secondary N) is 1. The number of hydrogen-bond donors (Lipinski definition) is 2. The van der Waals surface area contributed by atoms with Gasteiger partial charge in [0.2, 0.25) is 5.95 Å². The van der Waals surface area contributed by atoms with Crippen LogP contribution in [0.25, 0.3) is 0 Å². The number of anilines is 4. The van der Waals surface area contributed by atoms with Crippen LogP contribution in [0.15, 0.2) is 54.7 Å². The van der Waals surface area contributed by atoms with Crippen molar-refractivity contribution in [2.24, 2.45) is 0 Å². The number of benzene rings is 2. The van der Waals surface area contributed by atoms with Crippen LogP contribution in [-0.2, 0) is 6.54 Å². The van der Waals surface area contributed by atoms with Gasteiger partial charge in [-0.2, -0.15) is 4.98 Å². The third-order valence-corrected chi connectivity index (χ3v) is 6.69. The van der Waals surface area contributed by atoms with E-state index in [2.05, 4.69) is 56.2 Å². The van der Waals surface area contributed by atoms with Gasteiger partial charge in [-0.25, -0.2) is 9.78 Å². The zero-order valence-electron chi connectivity index (χ0n) is 23.0. The van der Waals surface area contributed by atoms with E-state index in [-0.39, 0.29) is 12.4 Å². The highest BCUT2D eigenvalue weighted by atomic mass is 16.5. The second kappa shape index (κ2) is 13.1. The molecule has 3 aromatic rings. The van der Waals surface area contributed by atoms with E-state index in [9.17, 15) is 9.90 Å². The number of piperazine rings is 1. The molecule has 0 aliphatic carbocycles. The minimum Gasteiger partial charge on any atom is -0.497 e. The molecule has 1 aliphatic heterocycles. The van der Waals surface area contributed by atoms with E-state index < -0.39 is 6.09 Å². The Morgan fingerprint density at radius 1 is 1.03 bits per heavy atom. The van der Waals surface area contributed by atoms with Crippen LogP contribution in [0.3, 0.4) is 0 Å². The van der Waals surface area contributed by atoms with Crippen LogP contribution in [-0.4, -0.2) is 98.6 Å². The highest BCUT2D eigenvalue weighted by Crippen LogP contribution is 2.28. The lowest BCUT2D eigenvalue weighted by Crippen LogP contribution is -2.48. The summed E-state index contributed by atoms with van der Waals surface area (Å²) in [6, 6.07) is 15.0. The minimum atomic E-state index is -1.14. The molecule has 11 heteroatoms. The van der Waals surface area contributed by atoms with Crippen LogP contribution in [0, 0.1) is 0 Å². The van der Waals surface area contributed by atoms with Crippen LogP contribution >= 0.6 is 0 Å². The monoisotopic (exact) mass is 535 g/mol. The number of aromatic nitrogens is 2. The maximum Gasteiger partial charge on any atom is 0.413 e. The van der Waals surface area contributed by atoms with Crippen molar-refractivity contribution >= 4 is 29.2 Å². The number of hydrogen-bond acceptors (Lipinski definition) is 9. The van der Waals surface area contributed by atoms with Gasteiger partial charge in [-0.15, -0.1) is 0 Å². The van der Waals surface area contributed by atoms with Crippen molar-refractivity contribution < 1.29 is 19.4 Å². The summed E-state index contributed by atoms with van der Waals surface area (Å²) in [5.41, 5.74) is 2.64. The summed E-state index contributed by atoms with van der Waals surface area (Å²) < 4.78 is 10.7. The number of methoxy groups -OCH3 is 2. The summed E-state index contributed by atoms with van der Waals surface area (Å²) in [6.45, 7) is 6.29. The normalized spacial score (nSPS) is 13.8. The quantitative estimate of drug-likeness (QED) is 0.378. The van der Waals surface area contributed by atoms with E-state index in [1.165, 1.54) is 11.9 Å². The zero-order chi connectivity index (χ0) is 27.8. The second-order valence-electron chi connectivity index (χ2n) is 9.59. The van der Waals surface area contributed by atoms with E-state index >= 15 is 0 Å². The predicted octanol–water partition coefficient (Wildman–Crippen LogP) is 3.61. The summed E-state index contributed by atoms with van der Waals surface area (Å²) in [5, 5.41) is 13.1. The van der Waals surface area contributed by atoms with Gasteiger partial charge in [0.25, 0.3) is 0 Å².